The van der Waals surface area contributed by atoms with E-state index in [0.717, 1.165) is 6.07 Å². The number of rotatable bonds is 5. The number of hydrogen-bond donors (Lipinski definition) is 3. The minimum Gasteiger partial charge on any atom is -0.507 e. The van der Waals surface area contributed by atoms with E-state index in [-0.39, 0.29) is 18.7 Å². The fourth-order valence-electron chi connectivity index (χ4n) is 1.30. The Bertz CT molecular complexity index is 525. The summed E-state index contributed by atoms with van der Waals surface area (Å²) < 4.78 is 34.5. The topological polar surface area (TPSA) is 109 Å². The first kappa shape index (κ1) is 14.4. The van der Waals surface area contributed by atoms with Gasteiger partial charge in [0, 0.05) is 6.54 Å². The molecule has 0 bridgehead atoms. The fraction of sp³-hybridized carbons (Fsp3) is 0.300. The molecule has 0 aliphatic heterocycles. The van der Waals surface area contributed by atoms with Crippen LogP contribution in [0.25, 0.3) is 0 Å². The van der Waals surface area contributed by atoms with Gasteiger partial charge in [-0.1, -0.05) is 6.07 Å². The number of halogens is 1. The summed E-state index contributed by atoms with van der Waals surface area (Å²) in [7, 11) is -3.58. The first-order valence-electron chi connectivity index (χ1n) is 5.07. The zero-order chi connectivity index (χ0) is 13.8. The molecule has 6 nitrogen and oxygen atoms in total. The largest absolute Gasteiger partial charge is 0.507 e. The monoisotopic (exact) mass is 276 g/mol. The van der Waals surface area contributed by atoms with Gasteiger partial charge < -0.3 is 10.4 Å². The highest BCUT2D eigenvalue weighted by atomic mass is 32.2. The molecule has 0 saturated heterocycles. The summed E-state index contributed by atoms with van der Waals surface area (Å²) in [5.41, 5.74) is -0.465. The molecule has 1 aromatic carbocycles. The van der Waals surface area contributed by atoms with Crippen molar-refractivity contribution in [3.63, 3.8) is 0 Å². The number of phenolic OH excluding ortho intramolecular Hbond substituents is 1. The van der Waals surface area contributed by atoms with E-state index in [1.165, 1.54) is 12.1 Å². The molecule has 4 N–H and O–H groups in total. The van der Waals surface area contributed by atoms with Crippen LogP contribution < -0.4 is 10.5 Å². The van der Waals surface area contributed by atoms with Crippen LogP contribution in [0.4, 0.5) is 4.39 Å². The third-order valence-electron chi connectivity index (χ3n) is 2.11. The maximum Gasteiger partial charge on any atom is 0.258 e. The highest BCUT2D eigenvalue weighted by molar-refractivity contribution is 7.89. The predicted octanol–water partition coefficient (Wildman–Crippen LogP) is -0.0603. The van der Waals surface area contributed by atoms with Crippen LogP contribution in [0.15, 0.2) is 18.2 Å². The highest BCUT2D eigenvalue weighted by Gasteiger charge is 2.15. The average molecular weight is 276 g/mol. The van der Waals surface area contributed by atoms with E-state index in [1.54, 1.807) is 0 Å². The molecule has 0 heterocycles. The minimum atomic E-state index is -3.58. The molecule has 1 aromatic rings. The maximum atomic E-state index is 13.3. The molecule has 0 aromatic heterocycles. The van der Waals surface area contributed by atoms with Crippen molar-refractivity contribution in [3.05, 3.63) is 29.6 Å². The molecule has 0 aliphatic carbocycles. The smallest absolute Gasteiger partial charge is 0.258 e. The zero-order valence-electron chi connectivity index (χ0n) is 9.39. The van der Waals surface area contributed by atoms with Gasteiger partial charge in [0.1, 0.15) is 17.1 Å². The normalized spacial score (nSPS) is 11.2. The van der Waals surface area contributed by atoms with E-state index in [2.05, 4.69) is 5.32 Å². The number of primary sulfonamides is 1. The van der Waals surface area contributed by atoms with Crippen molar-refractivity contribution in [1.29, 1.82) is 0 Å². The first-order valence-corrected chi connectivity index (χ1v) is 6.79. The van der Waals surface area contributed by atoms with Crippen LogP contribution in [0.1, 0.15) is 16.8 Å². The number of hydrogen-bond acceptors (Lipinski definition) is 4. The van der Waals surface area contributed by atoms with Crippen molar-refractivity contribution >= 4 is 15.9 Å². The number of carbonyl (C=O) groups is 1. The molecule has 1 amide bonds. The SMILES string of the molecule is NS(=O)(=O)CCCNC(=O)c1c(O)cccc1F. The van der Waals surface area contributed by atoms with E-state index >= 15 is 0 Å². The summed E-state index contributed by atoms with van der Waals surface area (Å²) in [6, 6.07) is 3.49. The van der Waals surface area contributed by atoms with Crippen LogP contribution in [-0.2, 0) is 10.0 Å². The first-order chi connectivity index (χ1) is 8.31. The Morgan fingerprint density at radius 2 is 2.11 bits per heavy atom. The van der Waals surface area contributed by atoms with Gasteiger partial charge in [-0.2, -0.15) is 0 Å². The van der Waals surface area contributed by atoms with Crippen molar-refractivity contribution in [3.8, 4) is 5.75 Å². The summed E-state index contributed by atoms with van der Waals surface area (Å²) in [6.07, 6.45) is 0.111. The Kier molecular flexibility index (Phi) is 4.62. The Morgan fingerprint density at radius 1 is 1.44 bits per heavy atom. The number of nitrogens with one attached hydrogen (secondary N) is 1. The second-order valence-electron chi connectivity index (χ2n) is 3.61. The lowest BCUT2D eigenvalue weighted by atomic mass is 10.1. The van der Waals surface area contributed by atoms with Gasteiger partial charge >= 0.3 is 0 Å². The molecular formula is C10H13FN2O4S. The van der Waals surface area contributed by atoms with Crippen molar-refractivity contribution in [2.75, 3.05) is 12.3 Å². The molecular weight excluding hydrogens is 263 g/mol. The molecule has 0 fully saturated rings. The fourth-order valence-corrected chi connectivity index (χ4v) is 1.85. The maximum absolute atomic E-state index is 13.3. The summed E-state index contributed by atoms with van der Waals surface area (Å²) in [5.74, 6) is -2.41. The quantitative estimate of drug-likeness (QED) is 0.654. The van der Waals surface area contributed by atoms with Crippen molar-refractivity contribution in [2.24, 2.45) is 5.14 Å². The van der Waals surface area contributed by atoms with Gasteiger partial charge in [0.25, 0.3) is 5.91 Å². The van der Waals surface area contributed by atoms with Crippen LogP contribution in [-0.4, -0.2) is 31.7 Å². The Hall–Kier alpha value is -1.67. The second kappa shape index (κ2) is 5.78. The second-order valence-corrected chi connectivity index (χ2v) is 5.34. The van der Waals surface area contributed by atoms with Crippen molar-refractivity contribution < 1.29 is 22.7 Å². The number of carbonyl (C=O) groups excluding carboxylic acids is 1. The molecule has 1 rings (SSSR count). The van der Waals surface area contributed by atoms with Crippen LogP contribution in [0.2, 0.25) is 0 Å². The van der Waals surface area contributed by atoms with Crippen molar-refractivity contribution in [1.82, 2.24) is 5.32 Å². The lowest BCUT2D eigenvalue weighted by molar-refractivity contribution is 0.0946. The van der Waals surface area contributed by atoms with Gasteiger partial charge in [0.2, 0.25) is 10.0 Å². The van der Waals surface area contributed by atoms with Crippen LogP contribution >= 0.6 is 0 Å². The highest BCUT2D eigenvalue weighted by Crippen LogP contribution is 2.19. The van der Waals surface area contributed by atoms with E-state index in [0.29, 0.717) is 0 Å². The molecule has 100 valence electrons. The average Bonchev–Trinajstić information content (AvgIpc) is 2.23. The predicted molar refractivity (Wildman–Crippen MR) is 63.0 cm³/mol. The van der Waals surface area contributed by atoms with Crippen LogP contribution in [0.5, 0.6) is 5.75 Å². The number of aromatic hydroxyl groups is 1. The summed E-state index contributed by atoms with van der Waals surface area (Å²) >= 11 is 0. The molecule has 0 atom stereocenters. The summed E-state index contributed by atoms with van der Waals surface area (Å²) in [4.78, 5) is 11.5. The third kappa shape index (κ3) is 4.30. The van der Waals surface area contributed by atoms with Gasteiger partial charge in [-0.05, 0) is 18.6 Å². The van der Waals surface area contributed by atoms with Gasteiger partial charge in [0.15, 0.2) is 0 Å². The Labute approximate surface area is 104 Å². The molecule has 0 saturated carbocycles. The van der Waals surface area contributed by atoms with E-state index in [4.69, 9.17) is 5.14 Å². The van der Waals surface area contributed by atoms with E-state index in [9.17, 15) is 22.7 Å². The lowest BCUT2D eigenvalue weighted by Gasteiger charge is -2.07. The third-order valence-corrected chi connectivity index (χ3v) is 2.97. The number of benzene rings is 1. The van der Waals surface area contributed by atoms with Gasteiger partial charge in [-0.25, -0.2) is 17.9 Å². The molecule has 0 radical (unpaired) electrons. The molecule has 18 heavy (non-hydrogen) atoms. The Morgan fingerprint density at radius 3 is 2.67 bits per heavy atom. The van der Waals surface area contributed by atoms with E-state index in [1.807, 2.05) is 0 Å². The number of phenols is 1. The van der Waals surface area contributed by atoms with Crippen molar-refractivity contribution in [2.45, 2.75) is 6.42 Å². The standard InChI is InChI=1S/C10H13FN2O4S/c11-7-3-1-4-8(14)9(7)10(15)13-5-2-6-18(12,16)17/h1,3-4,14H,2,5-6H2,(H,13,15)(H2,12,16,17). The molecule has 0 unspecified atom stereocenters. The Balaban J connectivity index is 2.56. The zero-order valence-corrected chi connectivity index (χ0v) is 10.2. The minimum absolute atomic E-state index is 0.0169. The number of sulfonamides is 1. The number of amides is 1. The van der Waals surface area contributed by atoms with Gasteiger partial charge in [0.05, 0.1) is 5.75 Å². The van der Waals surface area contributed by atoms with E-state index < -0.39 is 33.1 Å². The number of nitrogens with two attached hydrogens (primary N) is 1. The summed E-state index contributed by atoms with van der Waals surface area (Å²) in [5, 5.41) is 16.4. The summed E-state index contributed by atoms with van der Waals surface area (Å²) in [6.45, 7) is 0.0169. The van der Waals surface area contributed by atoms with Crippen LogP contribution in [0, 0.1) is 5.82 Å². The lowest BCUT2D eigenvalue weighted by Crippen LogP contribution is -2.28. The van der Waals surface area contributed by atoms with Gasteiger partial charge in [-0.3, -0.25) is 4.79 Å². The molecule has 0 aliphatic rings. The molecule has 0 spiro atoms. The van der Waals surface area contributed by atoms with Crippen LogP contribution in [0.3, 0.4) is 0 Å². The van der Waals surface area contributed by atoms with Gasteiger partial charge in [-0.15, -0.1) is 0 Å². The molecule has 8 heteroatoms.